The molecule has 8 nitrogen and oxygen atoms in total. The Morgan fingerprint density at radius 1 is 1.10 bits per heavy atom. The lowest BCUT2D eigenvalue weighted by molar-refractivity contribution is -0.120. The third-order valence-corrected chi connectivity index (χ3v) is 8.95. The van der Waals surface area contributed by atoms with Crippen molar-refractivity contribution in [2.24, 2.45) is 17.3 Å². The number of carbonyl (C=O) groups excluding carboxylic acids is 2. The van der Waals surface area contributed by atoms with Gasteiger partial charge in [0.15, 0.2) is 0 Å². The molecule has 9 heteroatoms. The van der Waals surface area contributed by atoms with Gasteiger partial charge in [-0.2, -0.15) is 0 Å². The van der Waals surface area contributed by atoms with Gasteiger partial charge in [0.25, 0.3) is 5.91 Å². The summed E-state index contributed by atoms with van der Waals surface area (Å²) in [6.45, 7) is 13.5. The standard InChI is InChI=1S/C30H42N6O2S/c1-29(2,3)15-13-21-14-17-35(28(21)38)24-12-11-22-26(33-24)36-19-20(18-30(36,4)5)8-7-16-31-23-9-6-10-25(32-23)39-34-27(22)37/h6,9-12,20-21H,7-8,13-19H2,1-5H3,(H,31,32)(H,34,37). The fourth-order valence-corrected chi connectivity index (χ4v) is 6.69. The summed E-state index contributed by atoms with van der Waals surface area (Å²) in [4.78, 5) is 40.8. The van der Waals surface area contributed by atoms with Crippen molar-refractivity contribution in [3.05, 3.63) is 35.9 Å². The van der Waals surface area contributed by atoms with Gasteiger partial charge in [0, 0.05) is 43.0 Å². The Bertz CT molecular complexity index is 1230. The molecule has 5 rings (SSSR count). The molecule has 2 aromatic heterocycles. The molecule has 3 aliphatic rings. The van der Waals surface area contributed by atoms with E-state index in [1.807, 2.05) is 35.2 Å². The topological polar surface area (TPSA) is 90.5 Å². The first-order valence-electron chi connectivity index (χ1n) is 14.3. The second kappa shape index (κ2) is 11.0. The average molecular weight is 551 g/mol. The number of carbonyl (C=O) groups is 2. The number of nitrogens with one attached hydrogen (secondary N) is 2. The number of fused-ring (bicyclic) bond motifs is 6. The Balaban J connectivity index is 1.46. The van der Waals surface area contributed by atoms with E-state index >= 15 is 0 Å². The van der Waals surface area contributed by atoms with Crippen LogP contribution < -0.4 is 19.8 Å². The van der Waals surface area contributed by atoms with Crippen molar-refractivity contribution in [2.45, 2.75) is 83.7 Å². The molecule has 2 unspecified atom stereocenters. The van der Waals surface area contributed by atoms with Crippen LogP contribution >= 0.6 is 11.9 Å². The maximum atomic E-state index is 13.5. The number of nitrogens with zero attached hydrogens (tertiary/aromatic N) is 4. The highest BCUT2D eigenvalue weighted by molar-refractivity contribution is 7.97. The van der Waals surface area contributed by atoms with Gasteiger partial charge in [-0.25, -0.2) is 9.97 Å². The van der Waals surface area contributed by atoms with Gasteiger partial charge in [0.2, 0.25) is 5.91 Å². The zero-order valence-corrected chi connectivity index (χ0v) is 24.7. The van der Waals surface area contributed by atoms with Crippen molar-refractivity contribution in [1.29, 1.82) is 0 Å². The highest BCUT2D eigenvalue weighted by Gasteiger charge is 2.41. The third kappa shape index (κ3) is 6.34. The Morgan fingerprint density at radius 3 is 2.72 bits per heavy atom. The molecule has 0 saturated carbocycles. The molecule has 2 fully saturated rings. The van der Waals surface area contributed by atoms with Crippen molar-refractivity contribution in [3.8, 4) is 0 Å². The van der Waals surface area contributed by atoms with Gasteiger partial charge < -0.3 is 10.2 Å². The van der Waals surface area contributed by atoms with Crippen molar-refractivity contribution in [1.82, 2.24) is 14.7 Å². The van der Waals surface area contributed by atoms with E-state index in [0.717, 1.165) is 62.5 Å². The second-order valence-electron chi connectivity index (χ2n) is 13.1. The largest absolute Gasteiger partial charge is 0.370 e. The normalized spacial score (nSPS) is 23.5. The van der Waals surface area contributed by atoms with Crippen LogP contribution in [0.3, 0.4) is 0 Å². The molecule has 2 saturated heterocycles. The highest BCUT2D eigenvalue weighted by atomic mass is 32.2. The zero-order chi connectivity index (χ0) is 27.8. The predicted octanol–water partition coefficient (Wildman–Crippen LogP) is 5.90. The lowest BCUT2D eigenvalue weighted by Gasteiger charge is -2.34. The van der Waals surface area contributed by atoms with Gasteiger partial charge in [0.1, 0.15) is 22.5 Å². The molecule has 0 radical (unpaired) electrons. The van der Waals surface area contributed by atoms with E-state index < -0.39 is 0 Å². The quantitative estimate of drug-likeness (QED) is 0.460. The number of pyridine rings is 2. The molecule has 0 spiro atoms. The van der Waals surface area contributed by atoms with Gasteiger partial charge in [0.05, 0.1) is 5.56 Å². The van der Waals surface area contributed by atoms with E-state index in [1.54, 1.807) is 0 Å². The number of amides is 2. The molecule has 3 aliphatic heterocycles. The fourth-order valence-electron chi connectivity index (χ4n) is 6.10. The molecule has 2 aromatic rings. The SMILES string of the molecule is CC(C)(C)CCC1CCN(c2ccc3c(n2)N2CC(CCCNc4cccc(n4)SNC3=O)CC2(C)C)C1=O. The molecular formula is C30H42N6O2S. The minimum Gasteiger partial charge on any atom is -0.370 e. The Hall–Kier alpha value is -2.81. The van der Waals surface area contributed by atoms with Crippen LogP contribution in [0.15, 0.2) is 35.4 Å². The number of anilines is 3. The monoisotopic (exact) mass is 550 g/mol. The summed E-state index contributed by atoms with van der Waals surface area (Å²) in [6, 6.07) is 9.47. The van der Waals surface area contributed by atoms with Gasteiger partial charge in [-0.15, -0.1) is 0 Å². The van der Waals surface area contributed by atoms with E-state index in [4.69, 9.17) is 4.98 Å². The van der Waals surface area contributed by atoms with Crippen molar-refractivity contribution < 1.29 is 9.59 Å². The van der Waals surface area contributed by atoms with Crippen LogP contribution in [0.25, 0.3) is 0 Å². The summed E-state index contributed by atoms with van der Waals surface area (Å²) in [5.41, 5.74) is 0.579. The first-order chi connectivity index (χ1) is 18.5. The van der Waals surface area contributed by atoms with Gasteiger partial charge >= 0.3 is 0 Å². The van der Waals surface area contributed by atoms with Gasteiger partial charge in [-0.1, -0.05) is 26.8 Å². The summed E-state index contributed by atoms with van der Waals surface area (Å²) in [7, 11) is 0. The van der Waals surface area contributed by atoms with Crippen molar-refractivity contribution >= 4 is 41.2 Å². The fraction of sp³-hybridized carbons (Fsp3) is 0.600. The van der Waals surface area contributed by atoms with E-state index in [0.29, 0.717) is 29.7 Å². The zero-order valence-electron chi connectivity index (χ0n) is 23.9. The summed E-state index contributed by atoms with van der Waals surface area (Å²) < 4.78 is 2.98. The van der Waals surface area contributed by atoms with Crippen LogP contribution in [-0.4, -0.2) is 47.0 Å². The van der Waals surface area contributed by atoms with Gasteiger partial charge in [-0.3, -0.25) is 19.2 Å². The smallest absolute Gasteiger partial charge is 0.265 e. The number of hydrogen-bond donors (Lipinski definition) is 2. The molecule has 5 heterocycles. The van der Waals surface area contributed by atoms with E-state index in [2.05, 4.69) is 54.5 Å². The molecule has 210 valence electrons. The Morgan fingerprint density at radius 2 is 1.92 bits per heavy atom. The molecular weight excluding hydrogens is 508 g/mol. The maximum Gasteiger partial charge on any atom is 0.265 e. The van der Waals surface area contributed by atoms with Crippen LogP contribution in [0.4, 0.5) is 17.5 Å². The van der Waals surface area contributed by atoms with Crippen LogP contribution in [0.5, 0.6) is 0 Å². The average Bonchev–Trinajstić information content (AvgIpc) is 3.40. The summed E-state index contributed by atoms with van der Waals surface area (Å²) in [5, 5.41) is 4.15. The first kappa shape index (κ1) is 27.7. The molecule has 0 aromatic carbocycles. The van der Waals surface area contributed by atoms with Crippen molar-refractivity contribution in [2.75, 3.05) is 34.8 Å². The predicted molar refractivity (Wildman–Crippen MR) is 158 cm³/mol. The molecule has 0 aliphatic carbocycles. The second-order valence-corrected chi connectivity index (χ2v) is 13.9. The highest BCUT2D eigenvalue weighted by Crippen LogP contribution is 2.41. The lowest BCUT2D eigenvalue weighted by atomic mass is 9.86. The minimum atomic E-state index is -0.209. The Labute approximate surface area is 236 Å². The number of rotatable bonds is 3. The van der Waals surface area contributed by atoms with Crippen LogP contribution in [-0.2, 0) is 4.79 Å². The Kier molecular flexibility index (Phi) is 7.82. The maximum absolute atomic E-state index is 13.5. The summed E-state index contributed by atoms with van der Waals surface area (Å²) >= 11 is 1.21. The molecule has 39 heavy (non-hydrogen) atoms. The summed E-state index contributed by atoms with van der Waals surface area (Å²) in [6.07, 6.45) is 5.92. The molecule has 4 bridgehead atoms. The van der Waals surface area contributed by atoms with E-state index in [9.17, 15) is 9.59 Å². The number of hydrogen-bond acceptors (Lipinski definition) is 7. The van der Waals surface area contributed by atoms with Crippen LogP contribution in [0.1, 0.15) is 83.5 Å². The molecule has 2 atom stereocenters. The number of aromatic nitrogens is 2. The third-order valence-electron chi connectivity index (χ3n) is 8.22. The minimum absolute atomic E-state index is 0.0350. The lowest BCUT2D eigenvalue weighted by Crippen LogP contribution is -2.40. The van der Waals surface area contributed by atoms with Gasteiger partial charge in [-0.05, 0) is 88.0 Å². The summed E-state index contributed by atoms with van der Waals surface area (Å²) in [5.74, 6) is 2.61. The molecule has 2 amide bonds. The van der Waals surface area contributed by atoms with E-state index in [1.165, 1.54) is 11.9 Å². The van der Waals surface area contributed by atoms with Crippen LogP contribution in [0.2, 0.25) is 0 Å². The van der Waals surface area contributed by atoms with Crippen molar-refractivity contribution in [3.63, 3.8) is 0 Å². The van der Waals surface area contributed by atoms with Crippen LogP contribution in [0, 0.1) is 17.3 Å². The first-order valence-corrected chi connectivity index (χ1v) is 15.1. The molecule has 2 N–H and O–H groups in total. The van der Waals surface area contributed by atoms with E-state index in [-0.39, 0.29) is 28.7 Å².